The number of benzene rings is 2. The molecule has 0 saturated heterocycles. The van der Waals surface area contributed by atoms with Crippen LogP contribution in [0.3, 0.4) is 0 Å². The van der Waals surface area contributed by atoms with E-state index in [0.717, 1.165) is 29.9 Å². The zero-order chi connectivity index (χ0) is 24.7. The second-order valence-electron chi connectivity index (χ2n) is 9.49. The fraction of sp³-hybridized carbons (Fsp3) is 0.444. The molecule has 1 N–H and O–H groups in total. The second kappa shape index (κ2) is 11.6. The molecule has 34 heavy (non-hydrogen) atoms. The Bertz CT molecular complexity index is 1050. The first-order valence-electron chi connectivity index (χ1n) is 11.8. The summed E-state index contributed by atoms with van der Waals surface area (Å²) in [5.74, 6) is 0.575. The van der Waals surface area contributed by atoms with Crippen molar-refractivity contribution in [2.75, 3.05) is 19.7 Å². The number of hydrogen-bond acceptors (Lipinski definition) is 5. The number of aryl methyl sites for hydroxylation is 1. The molecule has 0 spiro atoms. The number of para-hydroxylation sites is 1. The van der Waals surface area contributed by atoms with E-state index in [9.17, 15) is 9.50 Å². The summed E-state index contributed by atoms with van der Waals surface area (Å²) in [6.07, 6.45) is 0.307. The molecule has 0 aliphatic rings. The largest absolute Gasteiger partial charge is 0.438 e. The molecule has 3 rings (SSSR count). The fourth-order valence-electron chi connectivity index (χ4n) is 3.68. The number of aliphatic hydroxyl groups excluding tert-OH is 1. The van der Waals surface area contributed by atoms with Crippen molar-refractivity contribution in [3.05, 3.63) is 71.7 Å². The predicted octanol–water partition coefficient (Wildman–Crippen LogP) is 5.50. The molecular weight excluding hydrogens is 433 g/mol. The van der Waals surface area contributed by atoms with Gasteiger partial charge in [0.15, 0.2) is 0 Å². The smallest absolute Gasteiger partial charge is 0.227 e. The van der Waals surface area contributed by atoms with E-state index >= 15 is 0 Å². The van der Waals surface area contributed by atoms with Crippen LogP contribution >= 0.6 is 0 Å². The highest BCUT2D eigenvalue weighted by atomic mass is 19.1. The average molecular weight is 470 g/mol. The van der Waals surface area contributed by atoms with Crippen LogP contribution < -0.4 is 4.74 Å². The predicted molar refractivity (Wildman–Crippen MR) is 132 cm³/mol. The van der Waals surface area contributed by atoms with Gasteiger partial charge in [0.25, 0.3) is 0 Å². The summed E-state index contributed by atoms with van der Waals surface area (Å²) in [6.45, 7) is 12.0. The number of aliphatic hydroxyl groups is 1. The van der Waals surface area contributed by atoms with Crippen LogP contribution in [0.4, 0.5) is 4.39 Å². The Kier molecular flexibility index (Phi) is 8.83. The van der Waals surface area contributed by atoms with Gasteiger partial charge in [0.05, 0.1) is 35.3 Å². The second-order valence-corrected chi connectivity index (χ2v) is 9.49. The Morgan fingerprint density at radius 2 is 1.85 bits per heavy atom. The minimum Gasteiger partial charge on any atom is -0.438 e. The quantitative estimate of drug-likeness (QED) is 0.402. The zero-order valence-corrected chi connectivity index (χ0v) is 20.8. The van der Waals surface area contributed by atoms with Crippen LogP contribution in [-0.2, 0) is 11.3 Å². The summed E-state index contributed by atoms with van der Waals surface area (Å²) in [4.78, 5) is 2.18. The maximum absolute atomic E-state index is 13.9. The third-order valence-corrected chi connectivity index (χ3v) is 5.25. The van der Waals surface area contributed by atoms with Crippen molar-refractivity contribution in [3.63, 3.8) is 0 Å². The van der Waals surface area contributed by atoms with E-state index in [1.165, 1.54) is 12.1 Å². The molecule has 2 aromatic carbocycles. The van der Waals surface area contributed by atoms with E-state index in [4.69, 9.17) is 14.6 Å². The lowest BCUT2D eigenvalue weighted by atomic mass is 10.2. The maximum Gasteiger partial charge on any atom is 0.227 e. The van der Waals surface area contributed by atoms with E-state index in [-0.39, 0.29) is 18.0 Å². The standard InChI is InChI=1S/C27H36FN3O3/c1-6-15-30(17-23(32)19-33-27(3,4)5)18-25-20(2)29-31(22-12-8-7-9-13-22)26(25)34-24-14-10-11-21(28)16-24/h7-14,16,23,32H,6,15,17-19H2,1-5H3. The van der Waals surface area contributed by atoms with Crippen LogP contribution in [0.25, 0.3) is 5.69 Å². The van der Waals surface area contributed by atoms with Gasteiger partial charge in [-0.2, -0.15) is 5.10 Å². The Morgan fingerprint density at radius 1 is 1.12 bits per heavy atom. The number of rotatable bonds is 11. The lowest BCUT2D eigenvalue weighted by Gasteiger charge is -2.27. The summed E-state index contributed by atoms with van der Waals surface area (Å²) < 4.78 is 27.6. The van der Waals surface area contributed by atoms with E-state index in [1.807, 2.05) is 58.0 Å². The molecule has 0 fully saturated rings. The molecule has 0 amide bonds. The Morgan fingerprint density at radius 3 is 2.50 bits per heavy atom. The van der Waals surface area contributed by atoms with E-state index < -0.39 is 6.10 Å². The Balaban J connectivity index is 1.91. The van der Waals surface area contributed by atoms with Gasteiger partial charge in [0.2, 0.25) is 5.88 Å². The van der Waals surface area contributed by atoms with Crippen LogP contribution in [0.15, 0.2) is 54.6 Å². The number of ether oxygens (including phenoxy) is 2. The molecule has 0 radical (unpaired) electrons. The fourth-order valence-corrected chi connectivity index (χ4v) is 3.68. The first kappa shape index (κ1) is 25.9. The molecule has 1 atom stereocenters. The normalized spacial score (nSPS) is 12.8. The molecule has 0 saturated carbocycles. The van der Waals surface area contributed by atoms with E-state index in [1.54, 1.807) is 16.8 Å². The highest BCUT2D eigenvalue weighted by Crippen LogP contribution is 2.32. The lowest BCUT2D eigenvalue weighted by molar-refractivity contribution is -0.0567. The third-order valence-electron chi connectivity index (χ3n) is 5.25. The van der Waals surface area contributed by atoms with Gasteiger partial charge in [-0.25, -0.2) is 9.07 Å². The van der Waals surface area contributed by atoms with Gasteiger partial charge in [-0.3, -0.25) is 4.90 Å². The summed E-state index contributed by atoms with van der Waals surface area (Å²) >= 11 is 0. The number of nitrogens with zero attached hydrogens (tertiary/aromatic N) is 3. The topological polar surface area (TPSA) is 59.8 Å². The highest BCUT2D eigenvalue weighted by Gasteiger charge is 2.23. The summed E-state index contributed by atoms with van der Waals surface area (Å²) in [5.41, 5.74) is 2.25. The van der Waals surface area contributed by atoms with Crippen LogP contribution in [0, 0.1) is 12.7 Å². The molecule has 3 aromatic rings. The minimum atomic E-state index is -0.622. The van der Waals surface area contributed by atoms with Crippen molar-refractivity contribution in [1.82, 2.24) is 14.7 Å². The van der Waals surface area contributed by atoms with Crippen molar-refractivity contribution in [2.24, 2.45) is 0 Å². The first-order valence-corrected chi connectivity index (χ1v) is 11.8. The Hall–Kier alpha value is -2.74. The molecule has 0 aliphatic carbocycles. The number of halogens is 1. The molecule has 1 aromatic heterocycles. The van der Waals surface area contributed by atoms with Gasteiger partial charge in [0, 0.05) is 19.2 Å². The van der Waals surface area contributed by atoms with Crippen LogP contribution in [0.2, 0.25) is 0 Å². The van der Waals surface area contributed by atoms with Gasteiger partial charge in [-0.1, -0.05) is 31.2 Å². The van der Waals surface area contributed by atoms with Crippen molar-refractivity contribution in [2.45, 2.75) is 59.3 Å². The molecule has 184 valence electrons. The van der Waals surface area contributed by atoms with Gasteiger partial charge in [-0.05, 0) is 64.9 Å². The molecule has 1 heterocycles. The highest BCUT2D eigenvalue weighted by molar-refractivity contribution is 5.43. The summed E-state index contributed by atoms with van der Waals surface area (Å²) in [7, 11) is 0. The molecular formula is C27H36FN3O3. The molecule has 0 aliphatic heterocycles. The number of hydrogen-bond donors (Lipinski definition) is 1. The van der Waals surface area contributed by atoms with Gasteiger partial charge in [0.1, 0.15) is 11.6 Å². The van der Waals surface area contributed by atoms with Crippen molar-refractivity contribution in [1.29, 1.82) is 0 Å². The van der Waals surface area contributed by atoms with Crippen molar-refractivity contribution in [3.8, 4) is 17.3 Å². The first-order chi connectivity index (χ1) is 16.2. The molecule has 0 bridgehead atoms. The van der Waals surface area contributed by atoms with E-state index in [2.05, 4.69) is 11.8 Å². The zero-order valence-electron chi connectivity index (χ0n) is 20.8. The van der Waals surface area contributed by atoms with Gasteiger partial charge < -0.3 is 14.6 Å². The molecule has 1 unspecified atom stereocenters. The SMILES string of the molecule is CCCN(Cc1c(C)nn(-c2ccccc2)c1Oc1cccc(F)c1)CC(O)COC(C)(C)C. The van der Waals surface area contributed by atoms with Gasteiger partial charge in [-0.15, -0.1) is 0 Å². The average Bonchev–Trinajstić information content (AvgIpc) is 3.08. The van der Waals surface area contributed by atoms with Crippen molar-refractivity contribution >= 4 is 0 Å². The minimum absolute atomic E-state index is 0.263. The van der Waals surface area contributed by atoms with Crippen LogP contribution in [0.5, 0.6) is 11.6 Å². The monoisotopic (exact) mass is 469 g/mol. The molecule has 7 heteroatoms. The van der Waals surface area contributed by atoms with Crippen LogP contribution in [0.1, 0.15) is 45.4 Å². The maximum atomic E-state index is 13.9. The van der Waals surface area contributed by atoms with Gasteiger partial charge >= 0.3 is 0 Å². The van der Waals surface area contributed by atoms with Crippen molar-refractivity contribution < 1.29 is 19.0 Å². The number of aromatic nitrogens is 2. The van der Waals surface area contributed by atoms with E-state index in [0.29, 0.717) is 24.7 Å². The third kappa shape index (κ3) is 7.38. The summed E-state index contributed by atoms with van der Waals surface area (Å²) in [6, 6.07) is 15.8. The molecule has 6 nitrogen and oxygen atoms in total. The Labute approximate surface area is 201 Å². The summed E-state index contributed by atoms with van der Waals surface area (Å²) in [5, 5.41) is 15.4. The van der Waals surface area contributed by atoms with Crippen LogP contribution in [-0.4, -0.2) is 51.2 Å². The lowest BCUT2D eigenvalue weighted by Crippen LogP contribution is -2.37.